The third-order valence-electron chi connectivity index (χ3n) is 3.45. The monoisotopic (exact) mass is 284 g/mol. The van der Waals surface area contributed by atoms with Gasteiger partial charge in [-0.05, 0) is 42.3 Å². The van der Waals surface area contributed by atoms with Gasteiger partial charge in [-0.1, -0.05) is 18.2 Å². The normalized spacial score (nSPS) is 10.2. The van der Waals surface area contributed by atoms with Crippen LogP contribution in [0.2, 0.25) is 0 Å². The maximum absolute atomic E-state index is 12.4. The Kier molecular flexibility index (Phi) is 4.48. The lowest BCUT2D eigenvalue weighted by Gasteiger charge is -2.18. The lowest BCUT2D eigenvalue weighted by Crippen LogP contribution is -2.26. The minimum atomic E-state index is -0.0440. The Morgan fingerprint density at radius 3 is 2.43 bits per heavy atom. The highest BCUT2D eigenvalue weighted by Crippen LogP contribution is 2.16. The molecule has 0 fully saturated rings. The first-order valence-corrected chi connectivity index (χ1v) is 6.76. The third-order valence-corrected chi connectivity index (χ3v) is 3.45. The number of nitrogens with zero attached hydrogens (tertiary/aromatic N) is 1. The minimum absolute atomic E-state index is 0.0440. The second-order valence-corrected chi connectivity index (χ2v) is 5.08. The molecule has 2 aromatic rings. The summed E-state index contributed by atoms with van der Waals surface area (Å²) < 4.78 is 5.12. The zero-order chi connectivity index (χ0) is 15.4. The quantitative estimate of drug-likeness (QED) is 0.878. The fourth-order valence-corrected chi connectivity index (χ4v) is 2.07. The van der Waals surface area contributed by atoms with E-state index in [0.29, 0.717) is 17.8 Å². The molecule has 0 aliphatic carbocycles. The molecule has 0 heterocycles. The van der Waals surface area contributed by atoms with Crippen molar-refractivity contribution in [3.05, 3.63) is 59.2 Å². The molecule has 0 aliphatic heterocycles. The van der Waals surface area contributed by atoms with Crippen molar-refractivity contribution < 1.29 is 9.53 Å². The molecule has 1 amide bonds. The van der Waals surface area contributed by atoms with Gasteiger partial charge >= 0.3 is 0 Å². The van der Waals surface area contributed by atoms with Crippen molar-refractivity contribution in [2.45, 2.75) is 13.5 Å². The first-order chi connectivity index (χ1) is 10.0. The Morgan fingerprint density at radius 1 is 1.19 bits per heavy atom. The van der Waals surface area contributed by atoms with E-state index >= 15 is 0 Å². The van der Waals surface area contributed by atoms with E-state index in [1.807, 2.05) is 37.3 Å². The summed E-state index contributed by atoms with van der Waals surface area (Å²) >= 11 is 0. The van der Waals surface area contributed by atoms with E-state index in [-0.39, 0.29) is 5.91 Å². The highest BCUT2D eigenvalue weighted by Gasteiger charge is 2.12. The molecule has 0 aliphatic rings. The molecule has 0 saturated carbocycles. The fourth-order valence-electron chi connectivity index (χ4n) is 2.07. The van der Waals surface area contributed by atoms with E-state index in [1.54, 1.807) is 31.2 Å². The van der Waals surface area contributed by atoms with Gasteiger partial charge in [-0.3, -0.25) is 4.79 Å². The van der Waals surface area contributed by atoms with Gasteiger partial charge in [-0.15, -0.1) is 0 Å². The van der Waals surface area contributed by atoms with Gasteiger partial charge in [0.15, 0.2) is 0 Å². The Morgan fingerprint density at radius 2 is 1.86 bits per heavy atom. The van der Waals surface area contributed by atoms with Crippen LogP contribution in [0.4, 0.5) is 5.69 Å². The SMILES string of the molecule is COc1ccc(CN(C)C(=O)c2ccc(C)c(N)c2)cc1. The average Bonchev–Trinajstić information content (AvgIpc) is 2.50. The van der Waals surface area contributed by atoms with Crippen LogP contribution in [0.5, 0.6) is 5.75 Å². The highest BCUT2D eigenvalue weighted by atomic mass is 16.5. The first kappa shape index (κ1) is 14.9. The molecular formula is C17H20N2O2. The number of carbonyl (C=O) groups excluding carboxylic acids is 1. The average molecular weight is 284 g/mol. The Hall–Kier alpha value is -2.49. The largest absolute Gasteiger partial charge is 0.497 e. The van der Waals surface area contributed by atoms with Gasteiger partial charge in [-0.2, -0.15) is 0 Å². The van der Waals surface area contributed by atoms with Gasteiger partial charge in [0.1, 0.15) is 5.75 Å². The molecule has 0 saturated heterocycles. The molecule has 21 heavy (non-hydrogen) atoms. The third kappa shape index (κ3) is 3.54. The number of benzene rings is 2. The topological polar surface area (TPSA) is 55.6 Å². The molecule has 2 aromatic carbocycles. The summed E-state index contributed by atoms with van der Waals surface area (Å²) in [5.74, 6) is 0.761. The maximum Gasteiger partial charge on any atom is 0.253 e. The van der Waals surface area contributed by atoms with Gasteiger partial charge in [0.25, 0.3) is 5.91 Å². The van der Waals surface area contributed by atoms with Crippen LogP contribution in [0.3, 0.4) is 0 Å². The molecule has 2 N–H and O–H groups in total. The standard InChI is InChI=1S/C17H20N2O2/c1-12-4-7-14(10-16(12)18)17(20)19(2)11-13-5-8-15(21-3)9-6-13/h4-10H,11,18H2,1-3H3. The summed E-state index contributed by atoms with van der Waals surface area (Å²) in [6.45, 7) is 2.46. The van der Waals surface area contributed by atoms with Gasteiger partial charge in [0.2, 0.25) is 0 Å². The van der Waals surface area contributed by atoms with Gasteiger partial charge < -0.3 is 15.4 Å². The van der Waals surface area contributed by atoms with Crippen molar-refractivity contribution in [3.63, 3.8) is 0 Å². The Labute approximate surface area is 125 Å². The predicted octanol–water partition coefficient (Wildman–Crippen LogP) is 2.86. The van der Waals surface area contributed by atoms with E-state index in [4.69, 9.17) is 10.5 Å². The van der Waals surface area contributed by atoms with Crippen LogP contribution >= 0.6 is 0 Å². The number of nitrogen functional groups attached to an aromatic ring is 1. The number of ether oxygens (including phenoxy) is 1. The summed E-state index contributed by atoms with van der Waals surface area (Å²) in [4.78, 5) is 14.1. The molecule has 0 radical (unpaired) electrons. The predicted molar refractivity (Wildman–Crippen MR) is 84.4 cm³/mol. The summed E-state index contributed by atoms with van der Waals surface area (Å²) in [6.07, 6.45) is 0. The van der Waals surface area contributed by atoms with E-state index in [0.717, 1.165) is 16.9 Å². The lowest BCUT2D eigenvalue weighted by atomic mass is 10.1. The van der Waals surface area contributed by atoms with E-state index in [2.05, 4.69) is 0 Å². The van der Waals surface area contributed by atoms with E-state index in [1.165, 1.54) is 0 Å². The van der Waals surface area contributed by atoms with Crippen LogP contribution in [-0.4, -0.2) is 25.0 Å². The summed E-state index contributed by atoms with van der Waals surface area (Å²) in [7, 11) is 3.41. The van der Waals surface area contributed by atoms with Crippen LogP contribution in [0, 0.1) is 6.92 Å². The number of hydrogen-bond acceptors (Lipinski definition) is 3. The molecule has 4 heteroatoms. The van der Waals surface area contributed by atoms with Crippen molar-refractivity contribution in [2.24, 2.45) is 0 Å². The fraction of sp³-hybridized carbons (Fsp3) is 0.235. The van der Waals surface area contributed by atoms with Gasteiger partial charge in [-0.25, -0.2) is 0 Å². The number of aryl methyl sites for hydroxylation is 1. The maximum atomic E-state index is 12.4. The van der Waals surface area contributed by atoms with Crippen molar-refractivity contribution >= 4 is 11.6 Å². The van der Waals surface area contributed by atoms with Crippen LogP contribution in [0.25, 0.3) is 0 Å². The van der Waals surface area contributed by atoms with Crippen LogP contribution in [-0.2, 0) is 6.54 Å². The van der Waals surface area contributed by atoms with Crippen LogP contribution in [0.15, 0.2) is 42.5 Å². The number of nitrogens with two attached hydrogens (primary N) is 1. The summed E-state index contributed by atoms with van der Waals surface area (Å²) in [6, 6.07) is 13.1. The Balaban J connectivity index is 2.09. The molecule has 0 aromatic heterocycles. The second-order valence-electron chi connectivity index (χ2n) is 5.08. The summed E-state index contributed by atoms with van der Waals surface area (Å²) in [5, 5.41) is 0. The van der Waals surface area contributed by atoms with Crippen molar-refractivity contribution in [3.8, 4) is 5.75 Å². The van der Waals surface area contributed by atoms with Crippen molar-refractivity contribution in [1.29, 1.82) is 0 Å². The van der Waals surface area contributed by atoms with Crippen molar-refractivity contribution in [2.75, 3.05) is 19.9 Å². The smallest absolute Gasteiger partial charge is 0.253 e. The molecular weight excluding hydrogens is 264 g/mol. The molecule has 0 spiro atoms. The molecule has 110 valence electrons. The van der Waals surface area contributed by atoms with Crippen LogP contribution < -0.4 is 10.5 Å². The Bertz CT molecular complexity index is 636. The molecule has 4 nitrogen and oxygen atoms in total. The van der Waals surface area contributed by atoms with Gasteiger partial charge in [0.05, 0.1) is 7.11 Å². The summed E-state index contributed by atoms with van der Waals surface area (Å²) in [5.41, 5.74) is 9.13. The van der Waals surface area contributed by atoms with Crippen LogP contribution in [0.1, 0.15) is 21.5 Å². The number of hydrogen-bond donors (Lipinski definition) is 1. The number of anilines is 1. The number of amides is 1. The lowest BCUT2D eigenvalue weighted by molar-refractivity contribution is 0.0785. The number of methoxy groups -OCH3 is 1. The highest BCUT2D eigenvalue weighted by molar-refractivity contribution is 5.95. The van der Waals surface area contributed by atoms with Crippen molar-refractivity contribution in [1.82, 2.24) is 4.90 Å². The second kappa shape index (κ2) is 6.31. The van der Waals surface area contributed by atoms with E-state index < -0.39 is 0 Å². The minimum Gasteiger partial charge on any atom is -0.497 e. The number of carbonyl (C=O) groups is 1. The molecule has 2 rings (SSSR count). The zero-order valence-corrected chi connectivity index (χ0v) is 12.6. The van der Waals surface area contributed by atoms with E-state index in [9.17, 15) is 4.79 Å². The molecule has 0 atom stereocenters. The molecule has 0 bridgehead atoms. The van der Waals surface area contributed by atoms with Gasteiger partial charge in [0, 0.05) is 24.8 Å². The number of rotatable bonds is 4. The molecule has 0 unspecified atom stereocenters. The first-order valence-electron chi connectivity index (χ1n) is 6.76. The zero-order valence-electron chi connectivity index (χ0n) is 12.6.